The van der Waals surface area contributed by atoms with Crippen LogP contribution in [0.1, 0.15) is 41.9 Å². The van der Waals surface area contributed by atoms with Gasteiger partial charge in [-0.1, -0.05) is 36.9 Å². The molecule has 0 aliphatic carbocycles. The summed E-state index contributed by atoms with van der Waals surface area (Å²) in [6, 6.07) is 9.45. The van der Waals surface area contributed by atoms with Gasteiger partial charge >= 0.3 is 0 Å². The van der Waals surface area contributed by atoms with Gasteiger partial charge in [0.1, 0.15) is 17.3 Å². The lowest BCUT2D eigenvalue weighted by Crippen LogP contribution is -2.41. The van der Waals surface area contributed by atoms with Gasteiger partial charge in [-0.05, 0) is 55.3 Å². The lowest BCUT2D eigenvalue weighted by molar-refractivity contribution is -0.112. The first-order valence-electron chi connectivity index (χ1n) is 12.6. The van der Waals surface area contributed by atoms with Crippen molar-refractivity contribution in [2.24, 2.45) is 4.99 Å². The Morgan fingerprint density at radius 3 is 2.65 bits per heavy atom. The number of benzene rings is 2. The molecule has 3 aromatic rings. The number of carbonyl (C=O) groups excluding carboxylic acids is 2. The molecule has 2 heterocycles. The van der Waals surface area contributed by atoms with Crippen molar-refractivity contribution in [3.05, 3.63) is 112 Å². The number of nitrogens with zero attached hydrogens (tertiary/aromatic N) is 2. The Bertz CT molecular complexity index is 1640. The summed E-state index contributed by atoms with van der Waals surface area (Å²) in [7, 11) is 0. The number of aliphatic hydroxyl groups excluding tert-OH is 1. The number of allylic oxidation sites excluding steroid dienone is 4. The number of halogens is 2. The molecular weight excluding hydrogens is 516 g/mol. The van der Waals surface area contributed by atoms with Gasteiger partial charge in [0.2, 0.25) is 5.78 Å². The van der Waals surface area contributed by atoms with Crippen LogP contribution < -0.4 is 21.3 Å². The molecule has 0 unspecified atom stereocenters. The van der Waals surface area contributed by atoms with Gasteiger partial charge in [0, 0.05) is 36.0 Å². The lowest BCUT2D eigenvalue weighted by Gasteiger charge is -2.17. The van der Waals surface area contributed by atoms with E-state index in [1.165, 1.54) is 24.3 Å². The van der Waals surface area contributed by atoms with E-state index >= 15 is 4.39 Å². The Morgan fingerprint density at radius 1 is 1.20 bits per heavy atom. The number of carbonyl (C=O) groups is 2. The fourth-order valence-corrected chi connectivity index (χ4v) is 4.07. The summed E-state index contributed by atoms with van der Waals surface area (Å²) in [6.45, 7) is 7.70. The van der Waals surface area contributed by atoms with Gasteiger partial charge in [-0.25, -0.2) is 8.78 Å². The quantitative estimate of drug-likeness (QED) is 0.177. The first-order valence-corrected chi connectivity index (χ1v) is 12.6. The maximum absolute atomic E-state index is 15.1. The number of hydrogen-bond acceptors (Lipinski definition) is 6. The molecule has 1 aromatic heterocycles. The molecule has 8 nitrogen and oxygen atoms in total. The molecule has 206 valence electrons. The summed E-state index contributed by atoms with van der Waals surface area (Å²) in [5.41, 5.74) is 2.85. The predicted octanol–water partition coefficient (Wildman–Crippen LogP) is 3.18. The number of rotatable bonds is 10. The number of nitrogens with one attached hydrogen (secondary N) is 3. The third kappa shape index (κ3) is 6.47. The van der Waals surface area contributed by atoms with Crippen molar-refractivity contribution >= 4 is 28.6 Å². The normalized spacial score (nSPS) is 13.9. The summed E-state index contributed by atoms with van der Waals surface area (Å²) < 4.78 is 28.2. The van der Waals surface area contributed by atoms with Gasteiger partial charge in [-0.2, -0.15) is 5.10 Å². The van der Waals surface area contributed by atoms with Gasteiger partial charge in [-0.15, -0.1) is 0 Å². The van der Waals surface area contributed by atoms with Crippen molar-refractivity contribution in [1.82, 2.24) is 15.5 Å². The average Bonchev–Trinajstić information content (AvgIpc) is 3.38. The van der Waals surface area contributed by atoms with E-state index in [2.05, 4.69) is 32.4 Å². The SMILES string of the molecule is C=C(/C=C\C=C(/C)C(=O)Nc1ccc(C(=O)c2n[nH]c3c2=C(N[C@H](C)CO)CCN=3)c(F)c1)c1ccc(F)cc1. The third-order valence-electron chi connectivity index (χ3n) is 6.28. The van der Waals surface area contributed by atoms with E-state index < -0.39 is 17.5 Å². The third-order valence-corrected chi connectivity index (χ3v) is 6.28. The number of ketones is 1. The minimum Gasteiger partial charge on any atom is -0.394 e. The second-order valence-corrected chi connectivity index (χ2v) is 9.35. The van der Waals surface area contributed by atoms with E-state index in [-0.39, 0.29) is 35.4 Å². The zero-order valence-corrected chi connectivity index (χ0v) is 22.1. The molecule has 4 rings (SSSR count). The summed E-state index contributed by atoms with van der Waals surface area (Å²) >= 11 is 0. The van der Waals surface area contributed by atoms with E-state index in [4.69, 9.17) is 0 Å². The van der Waals surface area contributed by atoms with Crippen molar-refractivity contribution in [3.8, 4) is 0 Å². The second-order valence-electron chi connectivity index (χ2n) is 9.35. The van der Waals surface area contributed by atoms with Crippen LogP contribution in [0.15, 0.2) is 77.8 Å². The largest absolute Gasteiger partial charge is 0.394 e. The van der Waals surface area contributed by atoms with E-state index in [1.54, 1.807) is 44.2 Å². The van der Waals surface area contributed by atoms with Crippen molar-refractivity contribution < 1.29 is 23.5 Å². The minimum absolute atomic E-state index is 0.0227. The lowest BCUT2D eigenvalue weighted by atomic mass is 10.0. The molecular formula is C30H29F2N5O3. The summed E-state index contributed by atoms with van der Waals surface area (Å²) in [5, 5.41) is 22.5. The molecule has 1 aliphatic rings. The van der Waals surface area contributed by atoms with Crippen LogP contribution in [0.3, 0.4) is 0 Å². The molecule has 4 N–H and O–H groups in total. The van der Waals surface area contributed by atoms with Crippen molar-refractivity contribution in [2.45, 2.75) is 26.3 Å². The Balaban J connectivity index is 1.48. The van der Waals surface area contributed by atoms with Crippen LogP contribution >= 0.6 is 0 Å². The second kappa shape index (κ2) is 12.4. The Morgan fingerprint density at radius 2 is 1.95 bits per heavy atom. The van der Waals surface area contributed by atoms with Crippen LogP contribution in [0, 0.1) is 11.6 Å². The van der Waals surface area contributed by atoms with Crippen LogP contribution in [0.2, 0.25) is 0 Å². The highest BCUT2D eigenvalue weighted by Crippen LogP contribution is 2.18. The summed E-state index contributed by atoms with van der Waals surface area (Å²) in [4.78, 5) is 30.2. The van der Waals surface area contributed by atoms with Gasteiger partial charge in [0.25, 0.3) is 5.91 Å². The van der Waals surface area contributed by atoms with Crippen molar-refractivity contribution in [2.75, 3.05) is 18.5 Å². The number of fused-ring (bicyclic) bond motifs is 1. The maximum atomic E-state index is 15.1. The van der Waals surface area contributed by atoms with E-state index in [1.807, 2.05) is 0 Å². The maximum Gasteiger partial charge on any atom is 0.251 e. The molecule has 1 aliphatic heterocycles. The topological polar surface area (TPSA) is 119 Å². The molecule has 2 aromatic carbocycles. The smallest absolute Gasteiger partial charge is 0.251 e. The van der Waals surface area contributed by atoms with Gasteiger partial charge in [0.15, 0.2) is 5.49 Å². The molecule has 0 saturated heterocycles. The first kappa shape index (κ1) is 28.3. The molecule has 0 radical (unpaired) electrons. The van der Waals surface area contributed by atoms with Gasteiger partial charge in [0.05, 0.1) is 17.4 Å². The zero-order chi connectivity index (χ0) is 28.8. The van der Waals surface area contributed by atoms with Crippen LogP contribution in [0.4, 0.5) is 14.5 Å². The number of hydrogen-bond donors (Lipinski definition) is 4. The van der Waals surface area contributed by atoms with Crippen molar-refractivity contribution in [1.29, 1.82) is 0 Å². The predicted molar refractivity (Wildman–Crippen MR) is 149 cm³/mol. The Kier molecular flexibility index (Phi) is 8.80. The molecule has 40 heavy (non-hydrogen) atoms. The number of aliphatic hydroxyl groups is 1. The van der Waals surface area contributed by atoms with Crippen LogP contribution in [0.25, 0.3) is 11.3 Å². The van der Waals surface area contributed by atoms with Crippen molar-refractivity contribution in [3.63, 3.8) is 0 Å². The molecule has 0 fully saturated rings. The molecule has 1 amide bonds. The molecule has 0 saturated carbocycles. The van der Waals surface area contributed by atoms with Crippen LogP contribution in [-0.4, -0.2) is 46.2 Å². The van der Waals surface area contributed by atoms with Crippen LogP contribution in [-0.2, 0) is 4.79 Å². The number of aromatic amines is 1. The summed E-state index contributed by atoms with van der Waals surface area (Å²) in [6.07, 6.45) is 5.42. The van der Waals surface area contributed by atoms with Gasteiger partial charge < -0.3 is 15.7 Å². The standard InChI is InChI=1S/C30H29F2N5O3/c1-17(20-7-9-21(31)10-8-20)5-4-6-18(2)30(40)35-22-11-12-23(24(32)15-22)28(39)27-26-25(34-19(3)16-38)13-14-33-29(26)37-36-27/h4-12,15,19,34,38H,1,13-14,16H2,2-3H3,(H,33,37)(H,35,40)/b5-4-,18-6+/t19-/m1/s1. The minimum atomic E-state index is -0.817. The zero-order valence-electron chi connectivity index (χ0n) is 22.1. The average molecular weight is 546 g/mol. The number of aromatic nitrogens is 2. The number of H-pyrrole nitrogens is 1. The molecule has 10 heteroatoms. The van der Waals surface area contributed by atoms with E-state index in [0.717, 1.165) is 11.6 Å². The molecule has 0 spiro atoms. The number of amides is 1. The fraction of sp³-hybridized carbons (Fsp3) is 0.200. The molecule has 0 bridgehead atoms. The summed E-state index contributed by atoms with van der Waals surface area (Å²) in [5.74, 6) is -2.25. The van der Waals surface area contributed by atoms with Gasteiger partial charge in [-0.3, -0.25) is 19.7 Å². The Hall–Kier alpha value is -4.70. The molecule has 1 atom stereocenters. The van der Waals surface area contributed by atoms with Crippen LogP contribution in [0.5, 0.6) is 0 Å². The highest BCUT2D eigenvalue weighted by Gasteiger charge is 2.23. The highest BCUT2D eigenvalue weighted by molar-refractivity contribution is 6.09. The van der Waals surface area contributed by atoms with E-state index in [9.17, 15) is 19.1 Å². The van der Waals surface area contributed by atoms with E-state index in [0.29, 0.717) is 40.5 Å². The number of anilines is 1. The first-order chi connectivity index (χ1) is 19.2. The highest BCUT2D eigenvalue weighted by atomic mass is 19.1. The monoisotopic (exact) mass is 545 g/mol. The fourth-order valence-electron chi connectivity index (χ4n) is 4.07. The Labute approximate surface area is 229 Å².